The molecule has 0 atom stereocenters. The Morgan fingerprint density at radius 3 is 2.41 bits per heavy atom. The van der Waals surface area contributed by atoms with Crippen molar-refractivity contribution in [3.8, 4) is 0 Å². The quantitative estimate of drug-likeness (QED) is 0.723. The van der Waals surface area contributed by atoms with Crippen LogP contribution in [0.3, 0.4) is 0 Å². The Labute approximate surface area is 174 Å². The maximum atomic E-state index is 11.0. The summed E-state index contributed by atoms with van der Waals surface area (Å²) in [5.74, 6) is 1.74. The standard InChI is InChI=1S/C24H35N3O2/c1-17(2)18-7-9-20(10-8-18)26-13-11-21(12-14-26)27-22(16-25-24(28)29)15-19-5-3-4-6-23(19)27/h3-6,15,17-18,20-21,25H,7-14,16H2,1-2H3,(H,28,29)/t18-,20-. The minimum absolute atomic E-state index is 0.365. The van der Waals surface area contributed by atoms with Gasteiger partial charge < -0.3 is 19.9 Å². The van der Waals surface area contributed by atoms with Gasteiger partial charge in [-0.25, -0.2) is 4.79 Å². The number of para-hydroxylation sites is 1. The second kappa shape index (κ2) is 8.78. The summed E-state index contributed by atoms with van der Waals surface area (Å²) in [5.41, 5.74) is 2.30. The van der Waals surface area contributed by atoms with Gasteiger partial charge in [0.15, 0.2) is 0 Å². The van der Waals surface area contributed by atoms with E-state index in [9.17, 15) is 4.79 Å². The zero-order valence-electron chi connectivity index (χ0n) is 17.8. The van der Waals surface area contributed by atoms with E-state index < -0.39 is 6.09 Å². The van der Waals surface area contributed by atoms with Crippen molar-refractivity contribution in [2.24, 2.45) is 11.8 Å². The van der Waals surface area contributed by atoms with Gasteiger partial charge in [0.05, 0.1) is 6.54 Å². The Balaban J connectivity index is 1.44. The number of hydrogen-bond donors (Lipinski definition) is 2. The molecular weight excluding hydrogens is 362 g/mol. The second-order valence-corrected chi connectivity index (χ2v) is 9.30. The van der Waals surface area contributed by atoms with Crippen LogP contribution in [0.15, 0.2) is 30.3 Å². The minimum Gasteiger partial charge on any atom is -0.465 e. The number of nitrogens with one attached hydrogen (secondary N) is 1. The Kier molecular flexibility index (Phi) is 6.14. The van der Waals surface area contributed by atoms with Crippen LogP contribution < -0.4 is 5.32 Å². The summed E-state index contributed by atoms with van der Waals surface area (Å²) in [4.78, 5) is 13.8. The third-order valence-corrected chi connectivity index (χ3v) is 7.31. The molecule has 2 aliphatic rings. The van der Waals surface area contributed by atoms with Gasteiger partial charge in [0, 0.05) is 36.4 Å². The third kappa shape index (κ3) is 4.45. The average molecular weight is 398 g/mol. The van der Waals surface area contributed by atoms with Crippen LogP contribution in [-0.2, 0) is 6.54 Å². The van der Waals surface area contributed by atoms with Crippen LogP contribution in [0.25, 0.3) is 10.9 Å². The number of carboxylic acid groups (broad SMARTS) is 1. The summed E-state index contributed by atoms with van der Waals surface area (Å²) in [6.45, 7) is 7.41. The van der Waals surface area contributed by atoms with Gasteiger partial charge in [-0.05, 0) is 67.9 Å². The molecule has 1 aliphatic heterocycles. The first kappa shape index (κ1) is 20.3. The third-order valence-electron chi connectivity index (χ3n) is 7.31. The van der Waals surface area contributed by atoms with E-state index in [1.165, 1.54) is 36.6 Å². The van der Waals surface area contributed by atoms with Gasteiger partial charge in [0.2, 0.25) is 0 Å². The van der Waals surface area contributed by atoms with E-state index in [1.54, 1.807) is 0 Å². The van der Waals surface area contributed by atoms with E-state index in [0.717, 1.165) is 49.5 Å². The average Bonchev–Trinajstić information content (AvgIpc) is 3.11. The maximum absolute atomic E-state index is 11.0. The molecule has 158 valence electrons. The first-order valence-electron chi connectivity index (χ1n) is 11.3. The van der Waals surface area contributed by atoms with Gasteiger partial charge in [-0.1, -0.05) is 32.0 Å². The summed E-state index contributed by atoms with van der Waals surface area (Å²) in [7, 11) is 0. The van der Waals surface area contributed by atoms with Gasteiger partial charge in [-0.15, -0.1) is 0 Å². The van der Waals surface area contributed by atoms with Crippen molar-refractivity contribution in [2.45, 2.75) is 71.0 Å². The summed E-state index contributed by atoms with van der Waals surface area (Å²) >= 11 is 0. The summed E-state index contributed by atoms with van der Waals surface area (Å²) in [6, 6.07) is 11.8. The van der Waals surface area contributed by atoms with E-state index in [2.05, 4.69) is 59.0 Å². The van der Waals surface area contributed by atoms with Crippen molar-refractivity contribution >= 4 is 17.0 Å². The molecule has 1 saturated heterocycles. The predicted octanol–water partition coefficient (Wildman–Crippen LogP) is 5.26. The number of benzene rings is 1. The van der Waals surface area contributed by atoms with Gasteiger partial charge in [-0.3, -0.25) is 0 Å². The maximum Gasteiger partial charge on any atom is 0.404 e. The molecular formula is C24H35N3O2. The van der Waals surface area contributed by atoms with Crippen molar-refractivity contribution in [3.05, 3.63) is 36.0 Å². The first-order chi connectivity index (χ1) is 14.0. The lowest BCUT2D eigenvalue weighted by molar-refractivity contribution is 0.0889. The Morgan fingerprint density at radius 1 is 1.07 bits per heavy atom. The number of piperidine rings is 1. The van der Waals surface area contributed by atoms with E-state index >= 15 is 0 Å². The lowest BCUT2D eigenvalue weighted by Gasteiger charge is -2.42. The lowest BCUT2D eigenvalue weighted by Crippen LogP contribution is -2.44. The molecule has 2 heterocycles. The fourth-order valence-corrected chi connectivity index (χ4v) is 5.61. The van der Waals surface area contributed by atoms with Crippen LogP contribution >= 0.6 is 0 Å². The van der Waals surface area contributed by atoms with Gasteiger partial charge in [-0.2, -0.15) is 0 Å². The van der Waals surface area contributed by atoms with Gasteiger partial charge in [0.1, 0.15) is 0 Å². The van der Waals surface area contributed by atoms with E-state index in [0.29, 0.717) is 12.6 Å². The highest BCUT2D eigenvalue weighted by Gasteiger charge is 2.31. The number of carbonyl (C=O) groups is 1. The monoisotopic (exact) mass is 397 g/mol. The minimum atomic E-state index is -0.964. The molecule has 5 nitrogen and oxygen atoms in total. The largest absolute Gasteiger partial charge is 0.465 e. The molecule has 1 aromatic carbocycles. The summed E-state index contributed by atoms with van der Waals surface area (Å²) in [6.07, 6.45) is 6.80. The van der Waals surface area contributed by atoms with Crippen LogP contribution in [0, 0.1) is 11.8 Å². The summed E-state index contributed by atoms with van der Waals surface area (Å²) in [5, 5.41) is 12.8. The highest BCUT2D eigenvalue weighted by molar-refractivity contribution is 5.81. The molecule has 1 saturated carbocycles. The van der Waals surface area contributed by atoms with Crippen molar-refractivity contribution < 1.29 is 9.90 Å². The fraction of sp³-hybridized carbons (Fsp3) is 0.625. The molecule has 0 bridgehead atoms. The predicted molar refractivity (Wildman–Crippen MR) is 117 cm³/mol. The zero-order chi connectivity index (χ0) is 20.4. The number of rotatable bonds is 5. The van der Waals surface area contributed by atoms with Crippen molar-refractivity contribution in [1.29, 1.82) is 0 Å². The number of nitrogens with zero attached hydrogens (tertiary/aromatic N) is 2. The molecule has 2 fully saturated rings. The highest BCUT2D eigenvalue weighted by Crippen LogP contribution is 2.36. The van der Waals surface area contributed by atoms with E-state index in [-0.39, 0.29) is 0 Å². The Bertz CT molecular complexity index is 828. The van der Waals surface area contributed by atoms with E-state index in [4.69, 9.17) is 5.11 Å². The molecule has 0 spiro atoms. The van der Waals surface area contributed by atoms with Crippen LogP contribution in [0.5, 0.6) is 0 Å². The molecule has 5 heteroatoms. The molecule has 4 rings (SSSR count). The van der Waals surface area contributed by atoms with Crippen LogP contribution in [0.4, 0.5) is 4.79 Å². The van der Waals surface area contributed by atoms with E-state index in [1.807, 2.05) is 0 Å². The normalized spacial score (nSPS) is 24.2. The smallest absolute Gasteiger partial charge is 0.404 e. The zero-order valence-corrected chi connectivity index (χ0v) is 17.8. The topological polar surface area (TPSA) is 57.5 Å². The van der Waals surface area contributed by atoms with Crippen molar-refractivity contribution in [1.82, 2.24) is 14.8 Å². The fourth-order valence-electron chi connectivity index (χ4n) is 5.61. The summed E-state index contributed by atoms with van der Waals surface area (Å²) < 4.78 is 2.40. The first-order valence-corrected chi connectivity index (χ1v) is 11.3. The number of fused-ring (bicyclic) bond motifs is 1. The number of likely N-dealkylation sites (tertiary alicyclic amines) is 1. The van der Waals surface area contributed by atoms with Crippen LogP contribution in [0.2, 0.25) is 0 Å². The molecule has 0 unspecified atom stereocenters. The number of aromatic nitrogens is 1. The highest BCUT2D eigenvalue weighted by atomic mass is 16.4. The van der Waals surface area contributed by atoms with Crippen molar-refractivity contribution in [2.75, 3.05) is 13.1 Å². The molecule has 0 radical (unpaired) electrons. The van der Waals surface area contributed by atoms with Gasteiger partial charge >= 0.3 is 6.09 Å². The molecule has 1 aromatic heterocycles. The SMILES string of the molecule is CC(C)[C@H]1CC[C@H](N2CCC(n3c(CNC(=O)O)cc4ccccc43)CC2)CC1. The van der Waals surface area contributed by atoms with Crippen LogP contribution in [-0.4, -0.2) is 39.8 Å². The Morgan fingerprint density at radius 2 is 1.76 bits per heavy atom. The van der Waals surface area contributed by atoms with Crippen molar-refractivity contribution in [3.63, 3.8) is 0 Å². The molecule has 1 amide bonds. The molecule has 1 aliphatic carbocycles. The van der Waals surface area contributed by atoms with Crippen LogP contribution in [0.1, 0.15) is 64.1 Å². The second-order valence-electron chi connectivity index (χ2n) is 9.30. The lowest BCUT2D eigenvalue weighted by atomic mass is 9.79. The number of hydrogen-bond acceptors (Lipinski definition) is 2. The van der Waals surface area contributed by atoms with Gasteiger partial charge in [0.25, 0.3) is 0 Å². The Hall–Kier alpha value is -2.01. The molecule has 2 N–H and O–H groups in total. The number of amides is 1. The molecule has 2 aromatic rings. The molecule has 29 heavy (non-hydrogen) atoms.